The van der Waals surface area contributed by atoms with E-state index in [9.17, 15) is 19.1 Å². The highest BCUT2D eigenvalue weighted by Crippen LogP contribution is 2.42. The Bertz CT molecular complexity index is 1260. The highest BCUT2D eigenvalue weighted by molar-refractivity contribution is 6.46. The number of halogens is 1. The summed E-state index contributed by atoms with van der Waals surface area (Å²) in [5, 5.41) is 12.0. The van der Waals surface area contributed by atoms with E-state index in [1.807, 2.05) is 24.3 Å². The Labute approximate surface area is 184 Å². The number of aryl methyl sites for hydroxylation is 1. The summed E-state index contributed by atoms with van der Waals surface area (Å²) < 4.78 is 19.5. The van der Waals surface area contributed by atoms with E-state index in [0.29, 0.717) is 17.7 Å². The largest absolute Gasteiger partial charge is 0.507 e. The molecule has 7 heteroatoms. The van der Waals surface area contributed by atoms with Gasteiger partial charge in [0.2, 0.25) is 0 Å². The Kier molecular flexibility index (Phi) is 5.06. The van der Waals surface area contributed by atoms with Crippen molar-refractivity contribution in [2.75, 3.05) is 13.2 Å². The Hall–Kier alpha value is -3.45. The number of fused-ring (bicyclic) bond motifs is 1. The number of nitrogens with one attached hydrogen (secondary N) is 1. The SMILES string of the molecule is Cc1cc(/C(O)=C2\C(=O)C(=O)N(CC3CCCO3)C2c2c[nH]c3ccccc23)ccc1F. The monoisotopic (exact) mass is 434 g/mol. The lowest BCUT2D eigenvalue weighted by molar-refractivity contribution is -0.140. The molecule has 2 aliphatic rings. The zero-order valence-corrected chi connectivity index (χ0v) is 17.6. The first-order valence-corrected chi connectivity index (χ1v) is 10.7. The van der Waals surface area contributed by atoms with Gasteiger partial charge in [-0.3, -0.25) is 9.59 Å². The molecule has 5 rings (SSSR count). The van der Waals surface area contributed by atoms with E-state index in [0.717, 1.165) is 29.3 Å². The number of nitrogens with zero attached hydrogens (tertiary/aromatic N) is 1. The summed E-state index contributed by atoms with van der Waals surface area (Å²) in [6.45, 7) is 2.47. The number of hydrogen-bond donors (Lipinski definition) is 2. The number of para-hydroxylation sites is 1. The smallest absolute Gasteiger partial charge is 0.295 e. The molecule has 0 radical (unpaired) electrons. The predicted molar refractivity (Wildman–Crippen MR) is 117 cm³/mol. The maximum Gasteiger partial charge on any atom is 0.295 e. The minimum Gasteiger partial charge on any atom is -0.507 e. The van der Waals surface area contributed by atoms with Gasteiger partial charge in [0.25, 0.3) is 11.7 Å². The first-order chi connectivity index (χ1) is 15.5. The second-order valence-corrected chi connectivity index (χ2v) is 8.34. The number of aromatic amines is 1. The van der Waals surface area contributed by atoms with Crippen LogP contribution in [-0.2, 0) is 14.3 Å². The van der Waals surface area contributed by atoms with Crippen molar-refractivity contribution in [3.63, 3.8) is 0 Å². The van der Waals surface area contributed by atoms with E-state index in [-0.39, 0.29) is 24.0 Å². The second kappa shape index (κ2) is 7.91. The lowest BCUT2D eigenvalue weighted by Gasteiger charge is -2.27. The number of amides is 1. The molecule has 6 nitrogen and oxygen atoms in total. The molecule has 2 atom stereocenters. The predicted octanol–water partition coefficient (Wildman–Crippen LogP) is 4.22. The van der Waals surface area contributed by atoms with Gasteiger partial charge in [0.1, 0.15) is 11.6 Å². The Morgan fingerprint density at radius 2 is 2.06 bits per heavy atom. The fourth-order valence-electron chi connectivity index (χ4n) is 4.67. The van der Waals surface area contributed by atoms with E-state index in [2.05, 4.69) is 4.98 Å². The van der Waals surface area contributed by atoms with Crippen molar-refractivity contribution in [2.24, 2.45) is 0 Å². The third kappa shape index (κ3) is 3.29. The highest BCUT2D eigenvalue weighted by Gasteiger charge is 2.47. The van der Waals surface area contributed by atoms with Gasteiger partial charge in [-0.05, 0) is 49.6 Å². The number of aromatic nitrogens is 1. The van der Waals surface area contributed by atoms with Crippen molar-refractivity contribution in [1.29, 1.82) is 0 Å². The molecule has 32 heavy (non-hydrogen) atoms. The molecule has 1 amide bonds. The highest BCUT2D eigenvalue weighted by atomic mass is 19.1. The van der Waals surface area contributed by atoms with Crippen LogP contribution < -0.4 is 0 Å². The number of carbonyl (C=O) groups is 2. The minimum atomic E-state index is -0.777. The number of carbonyl (C=O) groups excluding carboxylic acids is 2. The molecule has 2 N–H and O–H groups in total. The van der Waals surface area contributed by atoms with Gasteiger partial charge in [0.05, 0.1) is 17.7 Å². The van der Waals surface area contributed by atoms with E-state index < -0.39 is 23.5 Å². The zero-order valence-electron chi connectivity index (χ0n) is 17.6. The molecule has 2 unspecified atom stereocenters. The zero-order chi connectivity index (χ0) is 22.4. The summed E-state index contributed by atoms with van der Waals surface area (Å²) in [4.78, 5) is 31.0. The van der Waals surface area contributed by atoms with Gasteiger partial charge < -0.3 is 19.7 Å². The summed E-state index contributed by atoms with van der Waals surface area (Å²) in [6, 6.07) is 11.0. The number of hydrogen-bond acceptors (Lipinski definition) is 4. The third-order valence-corrected chi connectivity index (χ3v) is 6.31. The van der Waals surface area contributed by atoms with Crippen LogP contribution in [0.2, 0.25) is 0 Å². The second-order valence-electron chi connectivity index (χ2n) is 8.34. The van der Waals surface area contributed by atoms with Gasteiger partial charge in [-0.25, -0.2) is 4.39 Å². The Morgan fingerprint density at radius 1 is 1.25 bits per heavy atom. The molecule has 1 aromatic heterocycles. The summed E-state index contributed by atoms with van der Waals surface area (Å²) >= 11 is 0. The van der Waals surface area contributed by atoms with Crippen molar-refractivity contribution in [3.05, 3.63) is 76.7 Å². The third-order valence-electron chi connectivity index (χ3n) is 6.31. The fraction of sp³-hybridized carbons (Fsp3) is 0.280. The number of benzene rings is 2. The van der Waals surface area contributed by atoms with Crippen LogP contribution in [0.4, 0.5) is 4.39 Å². The molecule has 2 fully saturated rings. The number of ketones is 1. The topological polar surface area (TPSA) is 82.6 Å². The van der Waals surface area contributed by atoms with Gasteiger partial charge in [-0.1, -0.05) is 18.2 Å². The standard InChI is InChI=1S/C25H23FN2O4/c1-14-11-15(8-9-19(14)26)23(29)21-22(18-12-27-20-7-3-2-6-17(18)20)28(25(31)24(21)30)13-16-5-4-10-32-16/h2-3,6-9,11-12,16,22,27,29H,4-5,10,13H2,1H3/b23-21+. The molecule has 0 bridgehead atoms. The number of Topliss-reactive ketones (excluding diaryl/α,β-unsaturated/α-hetero) is 1. The summed E-state index contributed by atoms with van der Waals surface area (Å²) in [7, 11) is 0. The maximum atomic E-state index is 13.8. The number of likely N-dealkylation sites (tertiary alicyclic amines) is 1. The molecule has 2 aliphatic heterocycles. The lowest BCUT2D eigenvalue weighted by atomic mass is 9.94. The Morgan fingerprint density at radius 3 is 2.81 bits per heavy atom. The van der Waals surface area contributed by atoms with Crippen LogP contribution in [0.1, 0.15) is 35.6 Å². The van der Waals surface area contributed by atoms with Crippen LogP contribution in [0.15, 0.2) is 54.2 Å². The first-order valence-electron chi connectivity index (χ1n) is 10.7. The molecule has 2 saturated heterocycles. The van der Waals surface area contributed by atoms with Gasteiger partial charge in [0, 0.05) is 41.4 Å². The molecule has 2 aromatic carbocycles. The quantitative estimate of drug-likeness (QED) is 0.366. The average Bonchev–Trinajstić information content (AvgIpc) is 3.51. The van der Waals surface area contributed by atoms with Crippen molar-refractivity contribution in [2.45, 2.75) is 31.9 Å². The number of aliphatic hydroxyl groups excluding tert-OH is 1. The molecule has 0 saturated carbocycles. The van der Waals surface area contributed by atoms with E-state index in [1.54, 1.807) is 13.1 Å². The van der Waals surface area contributed by atoms with Crippen molar-refractivity contribution >= 4 is 28.4 Å². The molecular weight excluding hydrogens is 411 g/mol. The number of aliphatic hydroxyl groups is 1. The van der Waals surface area contributed by atoms with Crippen LogP contribution in [-0.4, -0.2) is 45.9 Å². The van der Waals surface area contributed by atoms with Crippen molar-refractivity contribution < 1.29 is 23.8 Å². The minimum absolute atomic E-state index is 0.00348. The van der Waals surface area contributed by atoms with Gasteiger partial charge in [0.15, 0.2) is 0 Å². The Balaban J connectivity index is 1.68. The number of ether oxygens (including phenoxy) is 1. The maximum absolute atomic E-state index is 13.8. The molecule has 164 valence electrons. The van der Waals surface area contributed by atoms with Crippen LogP contribution in [0.5, 0.6) is 0 Å². The summed E-state index contributed by atoms with van der Waals surface area (Å²) in [5.74, 6) is -2.14. The van der Waals surface area contributed by atoms with E-state index in [1.165, 1.54) is 23.1 Å². The first kappa shape index (κ1) is 20.5. The van der Waals surface area contributed by atoms with Crippen molar-refractivity contribution in [3.8, 4) is 0 Å². The molecule has 3 aromatic rings. The van der Waals surface area contributed by atoms with Crippen molar-refractivity contribution in [1.82, 2.24) is 9.88 Å². The van der Waals surface area contributed by atoms with E-state index in [4.69, 9.17) is 4.74 Å². The van der Waals surface area contributed by atoms with Crippen LogP contribution in [0.25, 0.3) is 16.7 Å². The fourth-order valence-corrected chi connectivity index (χ4v) is 4.67. The number of H-pyrrole nitrogens is 1. The normalized spacial score (nSPS) is 22.9. The van der Waals surface area contributed by atoms with E-state index >= 15 is 0 Å². The number of rotatable bonds is 4. The molecule has 3 heterocycles. The average molecular weight is 434 g/mol. The van der Waals surface area contributed by atoms with Crippen LogP contribution >= 0.6 is 0 Å². The van der Waals surface area contributed by atoms with Gasteiger partial charge in [-0.15, -0.1) is 0 Å². The molecule has 0 aliphatic carbocycles. The van der Waals surface area contributed by atoms with Gasteiger partial charge in [-0.2, -0.15) is 0 Å². The van der Waals surface area contributed by atoms with Crippen LogP contribution in [0, 0.1) is 12.7 Å². The molecular formula is C25H23FN2O4. The summed E-state index contributed by atoms with van der Waals surface area (Å²) in [5.41, 5.74) is 2.22. The summed E-state index contributed by atoms with van der Waals surface area (Å²) in [6.07, 6.45) is 3.32. The lowest BCUT2D eigenvalue weighted by Crippen LogP contribution is -2.36. The van der Waals surface area contributed by atoms with Crippen LogP contribution in [0.3, 0.4) is 0 Å². The van der Waals surface area contributed by atoms with Gasteiger partial charge >= 0.3 is 0 Å². The molecule has 0 spiro atoms.